The van der Waals surface area contributed by atoms with Gasteiger partial charge < -0.3 is 10.2 Å². The van der Waals surface area contributed by atoms with Crippen LogP contribution >= 0.6 is 0 Å². The molecule has 4 rings (SSSR count). The monoisotopic (exact) mass is 375 g/mol. The Bertz CT molecular complexity index is 983. The zero-order chi connectivity index (χ0) is 19.7. The number of hydrogen-bond donors (Lipinski definition) is 1. The smallest absolute Gasteiger partial charge is 0.258 e. The summed E-state index contributed by atoms with van der Waals surface area (Å²) in [5.74, 6) is 0.0876. The summed E-state index contributed by atoms with van der Waals surface area (Å²) in [6, 6.07) is 18.0. The van der Waals surface area contributed by atoms with Crippen LogP contribution < -0.4 is 5.32 Å². The molecule has 1 amide bonds. The van der Waals surface area contributed by atoms with Crippen molar-refractivity contribution in [1.82, 2.24) is 9.88 Å². The molecular weight excluding hydrogens is 353 g/mol. The molecule has 0 saturated carbocycles. The van der Waals surface area contributed by atoms with E-state index in [0.29, 0.717) is 23.7 Å². The van der Waals surface area contributed by atoms with Gasteiger partial charge in [0.25, 0.3) is 5.91 Å². The largest absolute Gasteiger partial charge is 0.360 e. The number of hydrogen-bond acceptors (Lipinski definition) is 3. The first-order valence-corrected chi connectivity index (χ1v) is 9.40. The molecule has 1 aliphatic heterocycles. The van der Waals surface area contributed by atoms with E-state index in [9.17, 15) is 9.18 Å². The first-order valence-electron chi connectivity index (χ1n) is 9.40. The summed E-state index contributed by atoms with van der Waals surface area (Å²) in [4.78, 5) is 19.2. The highest BCUT2D eigenvalue weighted by Crippen LogP contribution is 2.34. The number of fused-ring (bicyclic) bond motifs is 1. The number of rotatable bonds is 5. The summed E-state index contributed by atoms with van der Waals surface area (Å²) in [6.45, 7) is 4.68. The lowest BCUT2D eigenvalue weighted by molar-refractivity contribution is 0.0728. The van der Waals surface area contributed by atoms with Crippen molar-refractivity contribution in [3.63, 3.8) is 0 Å². The molecule has 1 atom stereocenters. The van der Waals surface area contributed by atoms with Crippen molar-refractivity contribution < 1.29 is 9.18 Å². The third kappa shape index (κ3) is 3.48. The number of carbonyl (C=O) groups excluding carboxylic acids is 1. The van der Waals surface area contributed by atoms with Crippen molar-refractivity contribution in [1.29, 1.82) is 0 Å². The zero-order valence-corrected chi connectivity index (χ0v) is 15.9. The van der Waals surface area contributed by atoms with Crippen molar-refractivity contribution in [3.05, 3.63) is 95.1 Å². The van der Waals surface area contributed by atoms with Gasteiger partial charge in [0.1, 0.15) is 12.0 Å². The molecular formula is C23H22FN3O. The lowest BCUT2D eigenvalue weighted by Gasteiger charge is -2.26. The molecule has 1 N–H and O–H groups in total. The number of amides is 1. The van der Waals surface area contributed by atoms with Gasteiger partial charge in [-0.25, -0.2) is 4.39 Å². The number of benzene rings is 2. The molecule has 0 spiro atoms. The fraction of sp³-hybridized carbons (Fsp3) is 0.217. The summed E-state index contributed by atoms with van der Waals surface area (Å²) in [6.07, 6.45) is 1.32. The molecule has 1 aromatic heterocycles. The molecule has 0 fully saturated rings. The highest BCUT2D eigenvalue weighted by Gasteiger charge is 2.37. The minimum Gasteiger partial charge on any atom is -0.360 e. The van der Waals surface area contributed by atoms with Crippen molar-refractivity contribution in [2.75, 3.05) is 5.32 Å². The van der Waals surface area contributed by atoms with Crippen LogP contribution in [-0.4, -0.2) is 15.8 Å². The molecule has 0 radical (unpaired) electrons. The van der Waals surface area contributed by atoms with Gasteiger partial charge in [0.2, 0.25) is 0 Å². The summed E-state index contributed by atoms with van der Waals surface area (Å²) in [7, 11) is 0. The highest BCUT2D eigenvalue weighted by atomic mass is 19.1. The number of nitrogens with one attached hydrogen (secondary N) is 1. The Hall–Kier alpha value is -3.21. The molecule has 0 bridgehead atoms. The topological polar surface area (TPSA) is 45.2 Å². The van der Waals surface area contributed by atoms with Crippen LogP contribution in [0.4, 0.5) is 10.1 Å². The Balaban J connectivity index is 1.64. The molecule has 0 aliphatic carbocycles. The Morgan fingerprint density at radius 2 is 1.79 bits per heavy atom. The fourth-order valence-corrected chi connectivity index (χ4v) is 3.45. The van der Waals surface area contributed by atoms with Crippen molar-refractivity contribution >= 4 is 11.6 Å². The van der Waals surface area contributed by atoms with E-state index < -0.39 is 0 Å². The lowest BCUT2D eigenvalue weighted by atomic mass is 10.0. The standard InChI is InChI=1S/C23H22FN3O/c1-15(2)17-7-11-19(12-8-17)26-22-21-20(4-3-13-25-21)23(28)27(22)14-16-5-9-18(24)10-6-16/h3-13,15,22,26H,14H2,1-2H3. The average Bonchev–Trinajstić information content (AvgIpc) is 2.96. The first-order chi connectivity index (χ1) is 13.5. The number of pyridine rings is 1. The number of halogens is 1. The third-order valence-corrected chi connectivity index (χ3v) is 5.05. The van der Waals surface area contributed by atoms with Gasteiger partial charge in [-0.3, -0.25) is 9.78 Å². The molecule has 1 aliphatic rings. The molecule has 1 unspecified atom stereocenters. The zero-order valence-electron chi connectivity index (χ0n) is 15.9. The van der Waals surface area contributed by atoms with E-state index in [-0.39, 0.29) is 17.9 Å². The van der Waals surface area contributed by atoms with E-state index >= 15 is 0 Å². The van der Waals surface area contributed by atoms with Crippen LogP contribution in [0.3, 0.4) is 0 Å². The van der Waals surface area contributed by atoms with Crippen LogP contribution in [0.1, 0.15) is 53.1 Å². The fourth-order valence-electron chi connectivity index (χ4n) is 3.45. The van der Waals surface area contributed by atoms with Crippen LogP contribution in [0.2, 0.25) is 0 Å². The Kier molecular flexibility index (Phi) is 4.82. The maximum Gasteiger partial charge on any atom is 0.258 e. The number of nitrogens with zero attached hydrogens (tertiary/aromatic N) is 2. The van der Waals surface area contributed by atoms with Gasteiger partial charge >= 0.3 is 0 Å². The Morgan fingerprint density at radius 1 is 1.07 bits per heavy atom. The van der Waals surface area contributed by atoms with E-state index in [1.165, 1.54) is 17.7 Å². The van der Waals surface area contributed by atoms with E-state index in [2.05, 4.69) is 36.3 Å². The van der Waals surface area contributed by atoms with E-state index in [1.54, 1.807) is 35.4 Å². The van der Waals surface area contributed by atoms with Gasteiger partial charge in [-0.15, -0.1) is 0 Å². The maximum absolute atomic E-state index is 13.2. The average molecular weight is 375 g/mol. The minimum absolute atomic E-state index is 0.0799. The first kappa shape index (κ1) is 18.2. The quantitative estimate of drug-likeness (QED) is 0.674. The number of anilines is 1. The van der Waals surface area contributed by atoms with Crippen molar-refractivity contribution in [3.8, 4) is 0 Å². The predicted octanol–water partition coefficient (Wildman–Crippen LogP) is 5.11. The second-order valence-corrected chi connectivity index (χ2v) is 7.32. The molecule has 142 valence electrons. The van der Waals surface area contributed by atoms with Gasteiger partial charge in [0.15, 0.2) is 0 Å². The summed E-state index contributed by atoms with van der Waals surface area (Å²) < 4.78 is 13.2. The van der Waals surface area contributed by atoms with Crippen LogP contribution in [-0.2, 0) is 6.54 Å². The minimum atomic E-state index is -0.376. The Morgan fingerprint density at radius 3 is 2.46 bits per heavy atom. The summed E-state index contributed by atoms with van der Waals surface area (Å²) in [5.41, 5.74) is 4.35. The number of aromatic nitrogens is 1. The van der Waals surface area contributed by atoms with E-state index in [0.717, 1.165) is 11.3 Å². The molecule has 0 saturated heterocycles. The lowest BCUT2D eigenvalue weighted by Crippen LogP contribution is -2.32. The summed E-state index contributed by atoms with van der Waals surface area (Å²) in [5, 5.41) is 3.44. The van der Waals surface area contributed by atoms with Crippen LogP contribution in [0, 0.1) is 5.82 Å². The van der Waals surface area contributed by atoms with Gasteiger partial charge in [-0.05, 0) is 53.4 Å². The second-order valence-electron chi connectivity index (χ2n) is 7.32. The highest BCUT2D eigenvalue weighted by molar-refractivity contribution is 5.98. The molecule has 2 heterocycles. The van der Waals surface area contributed by atoms with Gasteiger partial charge in [0, 0.05) is 18.4 Å². The van der Waals surface area contributed by atoms with Crippen molar-refractivity contribution in [2.24, 2.45) is 0 Å². The number of carbonyl (C=O) groups is 1. The molecule has 5 heteroatoms. The summed E-state index contributed by atoms with van der Waals surface area (Å²) >= 11 is 0. The molecule has 2 aromatic carbocycles. The van der Waals surface area contributed by atoms with Crippen molar-refractivity contribution in [2.45, 2.75) is 32.5 Å². The van der Waals surface area contributed by atoms with E-state index in [1.807, 2.05) is 12.1 Å². The SMILES string of the molecule is CC(C)c1ccc(NC2c3ncccc3C(=O)N2Cc2ccc(F)cc2)cc1. The molecule has 3 aromatic rings. The Labute approximate surface area is 164 Å². The molecule has 4 nitrogen and oxygen atoms in total. The van der Waals surface area contributed by atoms with Gasteiger partial charge in [-0.1, -0.05) is 38.1 Å². The van der Waals surface area contributed by atoms with Crippen LogP contribution in [0.15, 0.2) is 66.9 Å². The van der Waals surface area contributed by atoms with Crippen LogP contribution in [0.5, 0.6) is 0 Å². The second kappa shape index (κ2) is 7.43. The maximum atomic E-state index is 13.2. The van der Waals surface area contributed by atoms with Gasteiger partial charge in [0.05, 0.1) is 11.3 Å². The third-order valence-electron chi connectivity index (χ3n) is 5.05. The normalized spacial score (nSPS) is 15.8. The van der Waals surface area contributed by atoms with Gasteiger partial charge in [-0.2, -0.15) is 0 Å². The predicted molar refractivity (Wildman–Crippen MR) is 107 cm³/mol. The molecule has 28 heavy (non-hydrogen) atoms. The van der Waals surface area contributed by atoms with Crippen LogP contribution in [0.25, 0.3) is 0 Å². The van der Waals surface area contributed by atoms with E-state index in [4.69, 9.17) is 0 Å².